The number of para-hydroxylation sites is 1. The van der Waals surface area contributed by atoms with Gasteiger partial charge in [0.25, 0.3) is 5.91 Å². The third-order valence-electron chi connectivity index (χ3n) is 10.1. The van der Waals surface area contributed by atoms with Crippen molar-refractivity contribution in [3.63, 3.8) is 0 Å². The van der Waals surface area contributed by atoms with Crippen molar-refractivity contribution in [2.24, 2.45) is 0 Å². The zero-order valence-electron chi connectivity index (χ0n) is 28.3. The number of amides is 1. The van der Waals surface area contributed by atoms with Gasteiger partial charge < -0.3 is 20.1 Å². The number of benzene rings is 2. The van der Waals surface area contributed by atoms with Gasteiger partial charge in [0.05, 0.1) is 36.5 Å². The van der Waals surface area contributed by atoms with Gasteiger partial charge in [-0.05, 0) is 63.1 Å². The molecule has 7 rings (SSSR count). The van der Waals surface area contributed by atoms with E-state index in [1.807, 2.05) is 32.0 Å². The van der Waals surface area contributed by atoms with Gasteiger partial charge in [-0.25, -0.2) is 14.2 Å². The summed E-state index contributed by atoms with van der Waals surface area (Å²) in [5.74, 6) is -0.141. The summed E-state index contributed by atoms with van der Waals surface area (Å²) < 4.78 is 29.7. The molecule has 2 N–H and O–H groups in total. The molecule has 3 saturated heterocycles. The highest BCUT2D eigenvalue weighted by atomic mass is 19.1. The Morgan fingerprint density at radius 3 is 2.50 bits per heavy atom. The Bertz CT molecular complexity index is 2020. The van der Waals surface area contributed by atoms with Crippen LogP contribution < -0.4 is 16.2 Å². The zero-order chi connectivity index (χ0) is 35.0. The predicted octanol–water partition coefficient (Wildman–Crippen LogP) is 4.11. The van der Waals surface area contributed by atoms with Gasteiger partial charge >= 0.3 is 5.69 Å². The molecule has 0 saturated carbocycles. The van der Waals surface area contributed by atoms with Gasteiger partial charge in [-0.1, -0.05) is 18.2 Å². The number of nitrogens with zero attached hydrogens (tertiary/aromatic N) is 7. The Kier molecular flexibility index (Phi) is 9.17. The summed E-state index contributed by atoms with van der Waals surface area (Å²) in [5, 5.41) is 10.2. The van der Waals surface area contributed by atoms with E-state index in [0.717, 1.165) is 39.4 Å². The summed E-state index contributed by atoms with van der Waals surface area (Å²) in [5.41, 5.74) is 6.15. The maximum Gasteiger partial charge on any atom is 0.334 e. The molecule has 0 unspecified atom stereocenters. The highest BCUT2D eigenvalue weighted by Gasteiger charge is 2.36. The van der Waals surface area contributed by atoms with Gasteiger partial charge in [0, 0.05) is 57.1 Å². The lowest BCUT2D eigenvalue weighted by Gasteiger charge is -2.46. The van der Waals surface area contributed by atoms with E-state index in [4.69, 9.17) is 15.2 Å². The van der Waals surface area contributed by atoms with E-state index in [1.165, 1.54) is 22.9 Å². The van der Waals surface area contributed by atoms with E-state index in [1.54, 1.807) is 39.8 Å². The Hall–Kier alpha value is -5.03. The first-order chi connectivity index (χ1) is 24.1. The summed E-state index contributed by atoms with van der Waals surface area (Å²) >= 11 is 0. The molecule has 2 aromatic heterocycles. The fraction of sp³-hybridized carbons (Fsp3) is 0.405. The molecule has 4 aromatic rings. The summed E-state index contributed by atoms with van der Waals surface area (Å²) in [4.78, 5) is 38.7. The third kappa shape index (κ3) is 6.37. The molecule has 5 heterocycles. The number of likely N-dealkylation sites (tertiary alicyclic amines) is 1. The number of nitriles is 1. The Balaban J connectivity index is 1.14. The average molecular weight is 681 g/mol. The lowest BCUT2D eigenvalue weighted by Crippen LogP contribution is -2.59. The predicted molar refractivity (Wildman–Crippen MR) is 187 cm³/mol. The molecule has 3 aliphatic heterocycles. The normalized spacial score (nSPS) is 19.7. The molecule has 3 aliphatic rings. The first-order valence-electron chi connectivity index (χ1n) is 17.0. The van der Waals surface area contributed by atoms with Crippen LogP contribution in [-0.4, -0.2) is 98.8 Å². The minimum atomic E-state index is -0.673. The van der Waals surface area contributed by atoms with Crippen LogP contribution in [0.25, 0.3) is 16.7 Å². The number of rotatable bonds is 8. The number of hydrogen-bond donors (Lipinski definition) is 1. The second-order valence-corrected chi connectivity index (χ2v) is 13.7. The minimum Gasteiger partial charge on any atom is -0.457 e. The van der Waals surface area contributed by atoms with Crippen LogP contribution in [0.1, 0.15) is 32.7 Å². The van der Waals surface area contributed by atoms with Crippen LogP contribution in [0.15, 0.2) is 77.2 Å². The van der Waals surface area contributed by atoms with Crippen LogP contribution in [0.5, 0.6) is 11.5 Å². The Morgan fingerprint density at radius 1 is 1.06 bits per heavy atom. The van der Waals surface area contributed by atoms with E-state index in [9.17, 15) is 14.9 Å². The lowest BCUT2D eigenvalue weighted by atomic mass is 9.96. The van der Waals surface area contributed by atoms with Crippen molar-refractivity contribution in [1.82, 2.24) is 28.8 Å². The highest BCUT2D eigenvalue weighted by Crippen LogP contribution is 2.32. The highest BCUT2D eigenvalue weighted by molar-refractivity contribution is 5.97. The van der Waals surface area contributed by atoms with Crippen molar-refractivity contribution < 1.29 is 18.7 Å². The van der Waals surface area contributed by atoms with Gasteiger partial charge in [0.2, 0.25) is 0 Å². The zero-order valence-corrected chi connectivity index (χ0v) is 28.3. The van der Waals surface area contributed by atoms with E-state index >= 15 is 4.39 Å². The number of halogens is 1. The van der Waals surface area contributed by atoms with Crippen LogP contribution in [0.3, 0.4) is 0 Å². The number of carbonyl (C=O) groups excluding carboxylic acids is 1. The SMILES string of the molecule is CC(C)(/C=C(\C#N)C(=O)N1CCC[C@@H](n2c(=O)n(-c3ccc(Oc4ccccc4)cc3F)c3c(N)nccc32)C1)N1CCN(C2COC2)CC1. The van der Waals surface area contributed by atoms with Crippen LogP contribution in [-0.2, 0) is 9.53 Å². The molecule has 260 valence electrons. The number of aromatic nitrogens is 3. The standard InChI is InChI=1S/C37H41FN8O4/c1-37(2,44-17-15-42(16-18-44)27-23-49-24-27)20-25(21-39)35(47)43-14-6-7-26(22-43)45-32-12-13-41-34(40)33(32)46(36(45)48)31-11-10-29(19-30(31)38)50-28-8-4-3-5-9-28/h3-5,8-13,19-20,26-27H,6-7,14-18,22-24H2,1-2H3,(H2,40,41)/b25-20+/t26-/m1/s1. The second-order valence-electron chi connectivity index (χ2n) is 13.7. The minimum absolute atomic E-state index is 0.00129. The van der Waals surface area contributed by atoms with E-state index < -0.39 is 23.1 Å². The van der Waals surface area contributed by atoms with E-state index in [0.29, 0.717) is 36.7 Å². The molecule has 0 radical (unpaired) electrons. The number of carbonyl (C=O) groups is 1. The van der Waals surface area contributed by atoms with Crippen LogP contribution in [0, 0.1) is 17.1 Å². The fourth-order valence-corrected chi connectivity index (χ4v) is 7.33. The second kappa shape index (κ2) is 13.7. The fourth-order valence-electron chi connectivity index (χ4n) is 7.33. The average Bonchev–Trinajstić information content (AvgIpc) is 3.39. The molecule has 12 nitrogen and oxygen atoms in total. The molecular weight excluding hydrogens is 639 g/mol. The quantitative estimate of drug-likeness (QED) is 0.216. The van der Waals surface area contributed by atoms with E-state index in [2.05, 4.69) is 20.9 Å². The lowest BCUT2D eigenvalue weighted by molar-refractivity contribution is -0.128. The summed E-state index contributed by atoms with van der Waals surface area (Å²) in [6, 6.07) is 17.2. The Labute approximate surface area is 289 Å². The van der Waals surface area contributed by atoms with Gasteiger partial charge in [-0.3, -0.25) is 23.7 Å². The number of piperazine rings is 1. The number of nitrogen functional groups attached to an aromatic ring is 1. The third-order valence-corrected chi connectivity index (χ3v) is 10.1. The molecule has 0 spiro atoms. The largest absolute Gasteiger partial charge is 0.457 e. The number of anilines is 1. The number of fused-ring (bicyclic) bond motifs is 1. The van der Waals surface area contributed by atoms with E-state index in [-0.39, 0.29) is 40.8 Å². The molecular formula is C37H41FN8O4. The van der Waals surface area contributed by atoms with Crippen molar-refractivity contribution in [1.29, 1.82) is 5.26 Å². The first-order valence-corrected chi connectivity index (χ1v) is 17.0. The first kappa shape index (κ1) is 33.5. The number of nitrogens with two attached hydrogens (primary N) is 1. The van der Waals surface area contributed by atoms with Crippen LogP contribution in [0.4, 0.5) is 10.2 Å². The summed E-state index contributed by atoms with van der Waals surface area (Å²) in [6.45, 7) is 9.74. The van der Waals surface area contributed by atoms with Gasteiger partial charge in [-0.15, -0.1) is 0 Å². The Morgan fingerprint density at radius 2 is 1.82 bits per heavy atom. The maximum absolute atomic E-state index is 15.8. The van der Waals surface area contributed by atoms with Gasteiger partial charge in [-0.2, -0.15) is 5.26 Å². The topological polar surface area (TPSA) is 135 Å². The van der Waals surface area contributed by atoms with Crippen molar-refractivity contribution in [2.45, 2.75) is 44.3 Å². The van der Waals surface area contributed by atoms with Crippen molar-refractivity contribution >= 4 is 22.8 Å². The number of imidazole rings is 1. The van der Waals surface area contributed by atoms with Gasteiger partial charge in [0.1, 0.15) is 34.5 Å². The van der Waals surface area contributed by atoms with Crippen molar-refractivity contribution in [3.8, 4) is 23.3 Å². The molecule has 1 amide bonds. The number of piperidine rings is 1. The molecule has 1 atom stereocenters. The van der Waals surface area contributed by atoms with Crippen molar-refractivity contribution in [3.05, 3.63) is 88.7 Å². The summed E-state index contributed by atoms with van der Waals surface area (Å²) in [6.07, 6.45) is 4.50. The molecule has 50 heavy (non-hydrogen) atoms. The molecule has 13 heteroatoms. The summed E-state index contributed by atoms with van der Waals surface area (Å²) in [7, 11) is 0. The molecule has 3 fully saturated rings. The molecule has 0 bridgehead atoms. The molecule has 0 aliphatic carbocycles. The maximum atomic E-state index is 15.8. The monoisotopic (exact) mass is 680 g/mol. The van der Waals surface area contributed by atoms with Crippen LogP contribution in [0.2, 0.25) is 0 Å². The smallest absolute Gasteiger partial charge is 0.334 e. The number of pyridine rings is 1. The number of hydrogen-bond acceptors (Lipinski definition) is 9. The molecule has 2 aromatic carbocycles. The van der Waals surface area contributed by atoms with Crippen molar-refractivity contribution in [2.75, 3.05) is 58.2 Å². The van der Waals surface area contributed by atoms with Crippen LogP contribution >= 0.6 is 0 Å². The van der Waals surface area contributed by atoms with Gasteiger partial charge in [0.15, 0.2) is 5.82 Å². The number of ether oxygens (including phenoxy) is 2.